The number of benzene rings is 1. The lowest BCUT2D eigenvalue weighted by atomic mass is 9.94. The molecule has 2 fully saturated rings. The van der Waals surface area contributed by atoms with Gasteiger partial charge in [0.15, 0.2) is 6.61 Å². The third kappa shape index (κ3) is 6.02. The van der Waals surface area contributed by atoms with E-state index >= 15 is 0 Å². The van der Waals surface area contributed by atoms with Gasteiger partial charge in [0.2, 0.25) is 5.91 Å². The van der Waals surface area contributed by atoms with Crippen molar-refractivity contribution in [3.8, 4) is 5.75 Å². The van der Waals surface area contributed by atoms with Crippen molar-refractivity contribution >= 4 is 17.5 Å². The smallest absolute Gasteiger partial charge is 0.257 e. The summed E-state index contributed by atoms with van der Waals surface area (Å²) in [6, 6.07) is 7.19. The summed E-state index contributed by atoms with van der Waals surface area (Å²) in [6.07, 6.45) is 5.40. The van der Waals surface area contributed by atoms with Crippen molar-refractivity contribution in [3.63, 3.8) is 0 Å². The van der Waals surface area contributed by atoms with Gasteiger partial charge in [0.05, 0.1) is 0 Å². The lowest BCUT2D eigenvalue weighted by Gasteiger charge is -2.28. The summed E-state index contributed by atoms with van der Waals surface area (Å²) in [5, 5.41) is 5.82. The normalized spacial score (nSPS) is 18.3. The molecule has 0 bridgehead atoms. The van der Waals surface area contributed by atoms with Crippen LogP contribution in [0.3, 0.4) is 0 Å². The van der Waals surface area contributed by atoms with Crippen molar-refractivity contribution in [1.29, 1.82) is 0 Å². The predicted octanol–water partition coefficient (Wildman–Crippen LogP) is 2.26. The second-order valence-corrected chi connectivity index (χ2v) is 7.47. The summed E-state index contributed by atoms with van der Waals surface area (Å²) in [7, 11) is 2.15. The van der Waals surface area contributed by atoms with E-state index in [0.717, 1.165) is 32.4 Å². The summed E-state index contributed by atoms with van der Waals surface area (Å²) >= 11 is 0. The number of piperidine rings is 1. The molecule has 2 aliphatic rings. The Morgan fingerprint density at radius 1 is 1.19 bits per heavy atom. The Hall–Kier alpha value is -2.08. The Labute approximate surface area is 155 Å². The quantitative estimate of drug-likeness (QED) is 0.747. The first-order valence-electron chi connectivity index (χ1n) is 9.59. The van der Waals surface area contributed by atoms with Crippen molar-refractivity contribution in [2.75, 3.05) is 38.6 Å². The van der Waals surface area contributed by atoms with E-state index in [2.05, 4.69) is 22.6 Å². The van der Waals surface area contributed by atoms with Gasteiger partial charge in [-0.2, -0.15) is 0 Å². The van der Waals surface area contributed by atoms with Crippen LogP contribution in [0.25, 0.3) is 0 Å². The fourth-order valence-electron chi connectivity index (χ4n) is 3.22. The van der Waals surface area contributed by atoms with Gasteiger partial charge >= 0.3 is 0 Å². The number of hydrogen-bond acceptors (Lipinski definition) is 4. The highest BCUT2D eigenvalue weighted by Gasteiger charge is 2.29. The number of carbonyl (C=O) groups excluding carboxylic acids is 2. The van der Waals surface area contributed by atoms with Crippen LogP contribution in [0, 0.1) is 11.8 Å². The monoisotopic (exact) mass is 359 g/mol. The molecular weight excluding hydrogens is 330 g/mol. The molecule has 3 rings (SSSR count). The van der Waals surface area contributed by atoms with Crippen molar-refractivity contribution in [1.82, 2.24) is 10.2 Å². The van der Waals surface area contributed by atoms with Gasteiger partial charge < -0.3 is 20.3 Å². The van der Waals surface area contributed by atoms with Crippen LogP contribution in [-0.4, -0.2) is 50.0 Å². The average molecular weight is 359 g/mol. The average Bonchev–Trinajstić information content (AvgIpc) is 3.47. The van der Waals surface area contributed by atoms with E-state index in [1.807, 2.05) is 12.1 Å². The lowest BCUT2D eigenvalue weighted by Crippen LogP contribution is -2.34. The minimum absolute atomic E-state index is 0.00652. The molecule has 2 N–H and O–H groups in total. The van der Waals surface area contributed by atoms with Gasteiger partial charge in [0, 0.05) is 24.2 Å². The predicted molar refractivity (Wildman–Crippen MR) is 101 cm³/mol. The van der Waals surface area contributed by atoms with E-state index in [9.17, 15) is 9.59 Å². The van der Waals surface area contributed by atoms with E-state index in [0.29, 0.717) is 23.9 Å². The molecule has 26 heavy (non-hydrogen) atoms. The zero-order chi connectivity index (χ0) is 18.4. The van der Waals surface area contributed by atoms with Crippen LogP contribution in [0.5, 0.6) is 5.75 Å². The summed E-state index contributed by atoms with van der Waals surface area (Å²) < 4.78 is 5.55. The van der Waals surface area contributed by atoms with Gasteiger partial charge in [-0.15, -0.1) is 0 Å². The summed E-state index contributed by atoms with van der Waals surface area (Å²) in [6.45, 7) is 2.99. The number of nitrogens with one attached hydrogen (secondary N) is 2. The Morgan fingerprint density at radius 2 is 1.96 bits per heavy atom. The molecule has 0 aromatic heterocycles. The molecule has 0 atom stereocenters. The van der Waals surface area contributed by atoms with Crippen molar-refractivity contribution < 1.29 is 14.3 Å². The van der Waals surface area contributed by atoms with E-state index in [1.165, 1.54) is 12.8 Å². The van der Waals surface area contributed by atoms with Crippen LogP contribution in [0.2, 0.25) is 0 Å². The fourth-order valence-corrected chi connectivity index (χ4v) is 3.22. The van der Waals surface area contributed by atoms with Gasteiger partial charge in [-0.3, -0.25) is 9.59 Å². The minimum Gasteiger partial charge on any atom is -0.484 e. The number of ether oxygens (including phenoxy) is 1. The molecule has 0 radical (unpaired) electrons. The van der Waals surface area contributed by atoms with E-state index in [4.69, 9.17) is 4.74 Å². The molecule has 1 saturated heterocycles. The third-order valence-electron chi connectivity index (χ3n) is 5.13. The molecule has 0 unspecified atom stereocenters. The molecular formula is C20H29N3O3. The second-order valence-electron chi connectivity index (χ2n) is 7.47. The Bertz CT molecular complexity index is 622. The lowest BCUT2D eigenvalue weighted by molar-refractivity contribution is -0.123. The first-order chi connectivity index (χ1) is 12.6. The largest absolute Gasteiger partial charge is 0.484 e. The minimum atomic E-state index is -0.106. The molecule has 1 aromatic rings. The van der Waals surface area contributed by atoms with Gasteiger partial charge in [0.1, 0.15) is 5.75 Å². The maximum Gasteiger partial charge on any atom is 0.257 e. The molecule has 0 spiro atoms. The highest BCUT2D eigenvalue weighted by molar-refractivity contribution is 5.94. The van der Waals surface area contributed by atoms with Crippen LogP contribution >= 0.6 is 0 Å². The summed E-state index contributed by atoms with van der Waals surface area (Å²) in [5.74, 6) is 1.41. The molecule has 1 aromatic carbocycles. The molecule has 6 nitrogen and oxygen atoms in total. The van der Waals surface area contributed by atoms with Crippen LogP contribution in [0.1, 0.15) is 32.1 Å². The number of hydrogen-bond donors (Lipinski definition) is 2. The standard InChI is InChI=1S/C20H29N3O3/c1-23-11-8-15(9-12-23)7-10-21-19(24)14-26-18-4-2-3-17(13-18)22-20(25)16-5-6-16/h2-4,13,15-16H,5-12,14H2,1H3,(H,21,24)(H,22,25). The van der Waals surface area contributed by atoms with Crippen LogP contribution < -0.4 is 15.4 Å². The van der Waals surface area contributed by atoms with Crippen molar-refractivity contribution in [2.45, 2.75) is 32.1 Å². The van der Waals surface area contributed by atoms with E-state index in [1.54, 1.807) is 12.1 Å². The van der Waals surface area contributed by atoms with E-state index in [-0.39, 0.29) is 24.3 Å². The molecule has 6 heteroatoms. The van der Waals surface area contributed by atoms with Crippen LogP contribution in [0.4, 0.5) is 5.69 Å². The molecule has 1 heterocycles. The molecule has 142 valence electrons. The molecule has 1 aliphatic carbocycles. The number of carbonyl (C=O) groups is 2. The third-order valence-corrected chi connectivity index (χ3v) is 5.13. The summed E-state index contributed by atoms with van der Waals surface area (Å²) in [5.41, 5.74) is 0.710. The highest BCUT2D eigenvalue weighted by Crippen LogP contribution is 2.30. The Balaban J connectivity index is 1.34. The number of likely N-dealkylation sites (tertiary alicyclic amines) is 1. The van der Waals surface area contributed by atoms with Gasteiger partial charge in [-0.25, -0.2) is 0 Å². The molecule has 1 aliphatic heterocycles. The number of anilines is 1. The maximum absolute atomic E-state index is 12.0. The zero-order valence-electron chi connectivity index (χ0n) is 15.5. The van der Waals surface area contributed by atoms with Crippen LogP contribution in [0.15, 0.2) is 24.3 Å². The number of nitrogens with zero attached hydrogens (tertiary/aromatic N) is 1. The Kier molecular flexibility index (Phi) is 6.50. The van der Waals surface area contributed by atoms with E-state index < -0.39 is 0 Å². The fraction of sp³-hybridized carbons (Fsp3) is 0.600. The zero-order valence-corrected chi connectivity index (χ0v) is 15.5. The number of amides is 2. The maximum atomic E-state index is 12.0. The van der Waals surface area contributed by atoms with Crippen molar-refractivity contribution in [2.24, 2.45) is 11.8 Å². The first-order valence-corrected chi connectivity index (χ1v) is 9.59. The topological polar surface area (TPSA) is 70.7 Å². The van der Waals surface area contributed by atoms with Gasteiger partial charge in [-0.05, 0) is 70.3 Å². The molecule has 2 amide bonds. The second kappa shape index (κ2) is 9.03. The SMILES string of the molecule is CN1CCC(CCNC(=O)COc2cccc(NC(=O)C3CC3)c2)CC1. The first kappa shape index (κ1) is 18.7. The number of rotatable bonds is 8. The highest BCUT2D eigenvalue weighted by atomic mass is 16.5. The van der Waals surface area contributed by atoms with Crippen LogP contribution in [-0.2, 0) is 9.59 Å². The molecule has 1 saturated carbocycles. The Morgan fingerprint density at radius 3 is 2.69 bits per heavy atom. The van der Waals surface area contributed by atoms with Gasteiger partial charge in [-0.1, -0.05) is 6.07 Å². The van der Waals surface area contributed by atoms with Gasteiger partial charge in [0.25, 0.3) is 5.91 Å². The van der Waals surface area contributed by atoms with Crippen molar-refractivity contribution in [3.05, 3.63) is 24.3 Å². The summed E-state index contributed by atoms with van der Waals surface area (Å²) in [4.78, 5) is 26.1.